The van der Waals surface area contributed by atoms with Crippen molar-refractivity contribution in [2.75, 3.05) is 5.32 Å². The van der Waals surface area contributed by atoms with Gasteiger partial charge in [0.25, 0.3) is 0 Å². The van der Waals surface area contributed by atoms with Crippen molar-refractivity contribution in [3.63, 3.8) is 0 Å². The van der Waals surface area contributed by atoms with Crippen LogP contribution in [0.1, 0.15) is 27.9 Å². The van der Waals surface area contributed by atoms with Crippen molar-refractivity contribution in [1.82, 2.24) is 15.5 Å². The molecule has 2 amide bonds. The molecule has 0 atom stereocenters. The van der Waals surface area contributed by atoms with E-state index in [4.69, 9.17) is 0 Å². The highest BCUT2D eigenvalue weighted by atomic mass is 16.2. The number of hydrogen-bond acceptors (Lipinski definition) is 3. The minimum absolute atomic E-state index is 0.264. The molecule has 1 heterocycles. The lowest BCUT2D eigenvalue weighted by atomic mass is 10.1. The van der Waals surface area contributed by atoms with Crippen LogP contribution in [0.25, 0.3) is 0 Å². The Morgan fingerprint density at radius 3 is 2.27 bits per heavy atom. The Morgan fingerprint density at radius 2 is 1.73 bits per heavy atom. The first-order valence-electron chi connectivity index (χ1n) is 7.04. The Kier molecular flexibility index (Phi) is 4.60. The number of aromatic nitrogens is 2. The maximum Gasteiger partial charge on any atom is 0.313 e. The molecule has 2 aromatic rings. The lowest BCUT2D eigenvalue weighted by molar-refractivity contribution is -0.136. The summed E-state index contributed by atoms with van der Waals surface area (Å²) in [5.74, 6) is -1.34. The van der Waals surface area contributed by atoms with E-state index in [-0.39, 0.29) is 6.54 Å². The predicted molar refractivity (Wildman–Crippen MR) is 84.5 cm³/mol. The molecule has 0 bridgehead atoms. The van der Waals surface area contributed by atoms with E-state index in [0.29, 0.717) is 5.69 Å². The van der Waals surface area contributed by atoms with Crippen molar-refractivity contribution in [2.45, 2.75) is 34.2 Å². The van der Waals surface area contributed by atoms with Gasteiger partial charge in [0.1, 0.15) is 0 Å². The van der Waals surface area contributed by atoms with Gasteiger partial charge in [-0.2, -0.15) is 5.10 Å². The molecule has 1 aromatic carbocycles. The molecule has 116 valence electrons. The van der Waals surface area contributed by atoms with Crippen LogP contribution in [0, 0.1) is 27.7 Å². The van der Waals surface area contributed by atoms with E-state index >= 15 is 0 Å². The maximum absolute atomic E-state index is 12.0. The summed E-state index contributed by atoms with van der Waals surface area (Å²) in [6.45, 7) is 7.92. The Hall–Kier alpha value is -2.63. The van der Waals surface area contributed by atoms with E-state index in [9.17, 15) is 9.59 Å². The molecular weight excluding hydrogens is 280 g/mol. The van der Waals surface area contributed by atoms with Gasteiger partial charge in [0.2, 0.25) is 0 Å². The fourth-order valence-corrected chi connectivity index (χ4v) is 2.36. The quantitative estimate of drug-likeness (QED) is 0.757. The van der Waals surface area contributed by atoms with E-state index in [2.05, 4.69) is 20.8 Å². The summed E-state index contributed by atoms with van der Waals surface area (Å²) in [5, 5.41) is 11.9. The first-order valence-corrected chi connectivity index (χ1v) is 7.04. The van der Waals surface area contributed by atoms with Gasteiger partial charge in [-0.25, -0.2) is 0 Å². The summed E-state index contributed by atoms with van der Waals surface area (Å²) in [4.78, 5) is 23.9. The van der Waals surface area contributed by atoms with Gasteiger partial charge in [0.15, 0.2) is 0 Å². The molecule has 6 heteroatoms. The first-order chi connectivity index (χ1) is 10.4. The lowest BCUT2D eigenvalue weighted by Crippen LogP contribution is -2.35. The number of benzene rings is 1. The number of carbonyl (C=O) groups is 2. The highest BCUT2D eigenvalue weighted by molar-refractivity contribution is 6.39. The lowest BCUT2D eigenvalue weighted by Gasteiger charge is -2.12. The van der Waals surface area contributed by atoms with Gasteiger partial charge in [-0.15, -0.1) is 0 Å². The maximum atomic E-state index is 12.0. The van der Waals surface area contributed by atoms with Gasteiger partial charge in [-0.3, -0.25) is 14.7 Å². The number of hydrogen-bond donors (Lipinski definition) is 3. The number of amides is 2. The van der Waals surface area contributed by atoms with Crippen LogP contribution >= 0.6 is 0 Å². The molecule has 2 rings (SSSR count). The molecule has 0 unspecified atom stereocenters. The number of nitrogens with one attached hydrogen (secondary N) is 3. The van der Waals surface area contributed by atoms with Crippen molar-refractivity contribution < 1.29 is 9.59 Å². The third kappa shape index (κ3) is 3.52. The van der Waals surface area contributed by atoms with Crippen LogP contribution in [-0.2, 0) is 16.1 Å². The van der Waals surface area contributed by atoms with Crippen LogP contribution in [0.2, 0.25) is 0 Å². The molecule has 6 nitrogen and oxygen atoms in total. The number of H-pyrrole nitrogens is 1. The summed E-state index contributed by atoms with van der Waals surface area (Å²) in [6, 6.07) is 3.94. The van der Waals surface area contributed by atoms with Crippen LogP contribution in [0.4, 0.5) is 5.69 Å². The minimum Gasteiger partial charge on any atom is -0.344 e. The summed E-state index contributed by atoms with van der Waals surface area (Å²) in [7, 11) is 0. The van der Waals surface area contributed by atoms with Crippen molar-refractivity contribution in [3.8, 4) is 0 Å². The van der Waals surface area contributed by atoms with Gasteiger partial charge >= 0.3 is 11.8 Å². The largest absolute Gasteiger partial charge is 0.344 e. The number of anilines is 1. The van der Waals surface area contributed by atoms with Crippen molar-refractivity contribution >= 4 is 17.5 Å². The highest BCUT2D eigenvalue weighted by Gasteiger charge is 2.16. The van der Waals surface area contributed by atoms with E-state index in [0.717, 1.165) is 27.9 Å². The average molecular weight is 300 g/mol. The zero-order valence-electron chi connectivity index (χ0n) is 13.2. The van der Waals surface area contributed by atoms with E-state index in [1.165, 1.54) is 0 Å². The molecule has 22 heavy (non-hydrogen) atoms. The summed E-state index contributed by atoms with van der Waals surface area (Å²) in [6.07, 6.45) is 1.63. The van der Waals surface area contributed by atoms with Crippen molar-refractivity contribution in [1.29, 1.82) is 0 Å². The Balaban J connectivity index is 2.00. The number of nitrogens with zero attached hydrogens (tertiary/aromatic N) is 1. The van der Waals surface area contributed by atoms with E-state index in [1.807, 2.05) is 39.8 Å². The SMILES string of the molecule is Cc1cc(C)c(NC(=O)C(=O)NCc2cn[nH]c2C)c(C)c1. The Bertz CT molecular complexity index is 696. The number of aryl methyl sites for hydroxylation is 4. The predicted octanol–water partition coefficient (Wildman–Crippen LogP) is 1.90. The molecule has 0 saturated carbocycles. The van der Waals surface area contributed by atoms with Gasteiger partial charge in [0, 0.05) is 23.5 Å². The third-order valence-electron chi connectivity index (χ3n) is 3.50. The molecule has 0 spiro atoms. The third-order valence-corrected chi connectivity index (χ3v) is 3.50. The molecule has 0 aliphatic rings. The van der Waals surface area contributed by atoms with Crippen LogP contribution in [0.15, 0.2) is 18.3 Å². The van der Waals surface area contributed by atoms with Crippen molar-refractivity contribution in [3.05, 3.63) is 46.3 Å². The van der Waals surface area contributed by atoms with Crippen LogP contribution in [0.3, 0.4) is 0 Å². The van der Waals surface area contributed by atoms with Gasteiger partial charge in [-0.05, 0) is 38.8 Å². The molecule has 0 fully saturated rings. The first kappa shape index (κ1) is 15.8. The zero-order valence-corrected chi connectivity index (χ0v) is 13.2. The molecule has 3 N–H and O–H groups in total. The van der Waals surface area contributed by atoms with Gasteiger partial charge < -0.3 is 10.6 Å². The highest BCUT2D eigenvalue weighted by Crippen LogP contribution is 2.21. The second kappa shape index (κ2) is 6.43. The summed E-state index contributed by atoms with van der Waals surface area (Å²) in [5.41, 5.74) is 5.39. The molecule has 0 aliphatic heterocycles. The van der Waals surface area contributed by atoms with Gasteiger partial charge in [-0.1, -0.05) is 17.7 Å². The second-order valence-electron chi connectivity index (χ2n) is 5.43. The molecule has 1 aromatic heterocycles. The normalized spacial score (nSPS) is 10.4. The van der Waals surface area contributed by atoms with Gasteiger partial charge in [0.05, 0.1) is 6.20 Å². The molecule has 0 radical (unpaired) electrons. The standard InChI is InChI=1S/C16H20N4O2/c1-9-5-10(2)14(11(3)6-9)19-16(22)15(21)17-7-13-8-18-20-12(13)4/h5-6,8H,7H2,1-4H3,(H,17,21)(H,18,20)(H,19,22). The number of aromatic amines is 1. The number of carbonyl (C=O) groups excluding carboxylic acids is 2. The van der Waals surface area contributed by atoms with E-state index in [1.54, 1.807) is 6.20 Å². The minimum atomic E-state index is -0.670. The Labute approximate surface area is 129 Å². The Morgan fingerprint density at radius 1 is 1.09 bits per heavy atom. The topological polar surface area (TPSA) is 86.9 Å². The zero-order chi connectivity index (χ0) is 16.3. The smallest absolute Gasteiger partial charge is 0.313 e. The number of rotatable bonds is 3. The summed E-state index contributed by atoms with van der Waals surface area (Å²) < 4.78 is 0. The fourth-order valence-electron chi connectivity index (χ4n) is 2.36. The fraction of sp³-hybridized carbons (Fsp3) is 0.312. The molecular formula is C16H20N4O2. The van der Waals surface area contributed by atoms with Crippen LogP contribution in [-0.4, -0.2) is 22.0 Å². The monoisotopic (exact) mass is 300 g/mol. The van der Waals surface area contributed by atoms with Crippen LogP contribution < -0.4 is 10.6 Å². The molecule has 0 saturated heterocycles. The van der Waals surface area contributed by atoms with Crippen molar-refractivity contribution in [2.24, 2.45) is 0 Å². The summed E-state index contributed by atoms with van der Waals surface area (Å²) >= 11 is 0. The second-order valence-corrected chi connectivity index (χ2v) is 5.43. The molecule has 0 aliphatic carbocycles. The van der Waals surface area contributed by atoms with Crippen LogP contribution in [0.5, 0.6) is 0 Å². The average Bonchev–Trinajstić information content (AvgIpc) is 2.85. The van der Waals surface area contributed by atoms with E-state index < -0.39 is 11.8 Å².